The number of nitrogens with one attached hydrogen (secondary N) is 1. The lowest BCUT2D eigenvalue weighted by Crippen LogP contribution is -2.17. The summed E-state index contributed by atoms with van der Waals surface area (Å²) in [5, 5.41) is 2.20. The normalized spacial score (nSPS) is 17.4. The van der Waals surface area contributed by atoms with Crippen LogP contribution in [-0.4, -0.2) is 27.9 Å². The third-order valence-electron chi connectivity index (χ3n) is 7.54. The average Bonchev–Trinajstić information content (AvgIpc) is 3.38. The molecular formula is C31H29F4N3O3. The molecule has 1 fully saturated rings. The van der Waals surface area contributed by atoms with Gasteiger partial charge in [0.2, 0.25) is 0 Å². The molecule has 41 heavy (non-hydrogen) atoms. The van der Waals surface area contributed by atoms with Gasteiger partial charge in [-0.15, -0.1) is 0 Å². The summed E-state index contributed by atoms with van der Waals surface area (Å²) in [6.07, 6.45) is 2.93. The molecule has 0 radical (unpaired) electrons. The van der Waals surface area contributed by atoms with Crippen LogP contribution in [0.2, 0.25) is 0 Å². The molecule has 0 saturated heterocycles. The second kappa shape index (κ2) is 11.7. The number of fused-ring (bicyclic) bond motifs is 1. The van der Waals surface area contributed by atoms with E-state index in [0.717, 1.165) is 48.9 Å². The largest absolute Gasteiger partial charge is 0.466 e. The quantitative estimate of drug-likeness (QED) is 0.184. The number of imidazole rings is 1. The topological polar surface area (TPSA) is 72.7 Å². The van der Waals surface area contributed by atoms with Crippen molar-refractivity contribution in [2.24, 2.45) is 5.92 Å². The Morgan fingerprint density at radius 3 is 2.37 bits per heavy atom. The maximum absolute atomic E-state index is 13.4. The van der Waals surface area contributed by atoms with Crippen molar-refractivity contribution >= 4 is 23.2 Å². The van der Waals surface area contributed by atoms with Crippen molar-refractivity contribution in [1.29, 1.82) is 0 Å². The van der Waals surface area contributed by atoms with E-state index in [9.17, 15) is 27.2 Å². The van der Waals surface area contributed by atoms with Gasteiger partial charge in [0.1, 0.15) is 17.2 Å². The van der Waals surface area contributed by atoms with Crippen molar-refractivity contribution in [2.45, 2.75) is 51.1 Å². The number of anilines is 1. The number of carbonyl (C=O) groups is 2. The molecule has 1 saturated carbocycles. The molecule has 0 atom stereocenters. The van der Waals surface area contributed by atoms with Gasteiger partial charge in [-0.25, -0.2) is 9.37 Å². The summed E-state index contributed by atoms with van der Waals surface area (Å²) in [6, 6.07) is 14.0. The van der Waals surface area contributed by atoms with Crippen LogP contribution in [0.25, 0.3) is 16.8 Å². The molecule has 0 unspecified atom stereocenters. The first-order chi connectivity index (χ1) is 19.6. The first-order valence-corrected chi connectivity index (χ1v) is 13.5. The minimum atomic E-state index is -4.84. The molecule has 10 heteroatoms. The number of hydrogen-bond donors (Lipinski definition) is 1. The maximum atomic E-state index is 13.4. The van der Waals surface area contributed by atoms with Gasteiger partial charge in [0.25, 0.3) is 5.91 Å². The van der Waals surface area contributed by atoms with E-state index in [0.29, 0.717) is 36.6 Å². The molecule has 214 valence electrons. The minimum absolute atomic E-state index is 0.0755. The van der Waals surface area contributed by atoms with Crippen LogP contribution in [0, 0.1) is 11.7 Å². The van der Waals surface area contributed by atoms with Crippen molar-refractivity contribution in [1.82, 2.24) is 9.38 Å². The first-order valence-electron chi connectivity index (χ1n) is 13.5. The van der Waals surface area contributed by atoms with Crippen molar-refractivity contribution in [3.63, 3.8) is 0 Å². The van der Waals surface area contributed by atoms with E-state index in [-0.39, 0.29) is 11.7 Å². The van der Waals surface area contributed by atoms with Crippen molar-refractivity contribution in [2.75, 3.05) is 11.9 Å². The van der Waals surface area contributed by atoms with Crippen molar-refractivity contribution in [3.05, 3.63) is 89.6 Å². The summed E-state index contributed by atoms with van der Waals surface area (Å²) in [5.74, 6) is -1.19. The monoisotopic (exact) mass is 567 g/mol. The predicted molar refractivity (Wildman–Crippen MR) is 146 cm³/mol. The predicted octanol–water partition coefficient (Wildman–Crippen LogP) is 7.64. The molecule has 0 spiro atoms. The number of nitrogens with zero attached hydrogens (tertiary/aromatic N) is 2. The van der Waals surface area contributed by atoms with Crippen LogP contribution in [0.1, 0.15) is 66.6 Å². The highest BCUT2D eigenvalue weighted by Gasteiger charge is 2.34. The number of alkyl halides is 3. The Balaban J connectivity index is 1.26. The van der Waals surface area contributed by atoms with Crippen LogP contribution in [0.3, 0.4) is 0 Å². The molecule has 0 bridgehead atoms. The van der Waals surface area contributed by atoms with Gasteiger partial charge in [-0.1, -0.05) is 24.3 Å². The number of halogens is 4. The zero-order chi connectivity index (χ0) is 29.1. The highest BCUT2D eigenvalue weighted by atomic mass is 19.4. The number of rotatable bonds is 7. The fourth-order valence-corrected chi connectivity index (χ4v) is 5.42. The zero-order valence-corrected chi connectivity index (χ0v) is 22.4. The molecular weight excluding hydrogens is 538 g/mol. The van der Waals surface area contributed by atoms with Gasteiger partial charge in [-0.3, -0.25) is 9.59 Å². The lowest BCUT2D eigenvalue weighted by atomic mass is 9.77. The van der Waals surface area contributed by atoms with Gasteiger partial charge < -0.3 is 14.5 Å². The molecule has 1 amide bonds. The van der Waals surface area contributed by atoms with Gasteiger partial charge in [0.05, 0.1) is 17.9 Å². The highest BCUT2D eigenvalue weighted by molar-refractivity contribution is 6.03. The molecule has 2 aromatic carbocycles. The lowest BCUT2D eigenvalue weighted by molar-refractivity contribution is -0.144. The van der Waals surface area contributed by atoms with Crippen LogP contribution in [0.4, 0.5) is 23.2 Å². The third kappa shape index (κ3) is 6.58. The number of esters is 1. The number of amides is 1. The summed E-state index contributed by atoms with van der Waals surface area (Å²) in [7, 11) is 0. The number of pyridine rings is 1. The Labute approximate surface area is 234 Å². The van der Waals surface area contributed by atoms with Crippen molar-refractivity contribution < 1.29 is 31.9 Å². The van der Waals surface area contributed by atoms with Gasteiger partial charge in [0, 0.05) is 18.8 Å². The Morgan fingerprint density at radius 2 is 1.68 bits per heavy atom. The molecule has 2 heterocycles. The smallest absolute Gasteiger partial charge is 0.418 e. The summed E-state index contributed by atoms with van der Waals surface area (Å²) >= 11 is 0. The van der Waals surface area contributed by atoms with Gasteiger partial charge in [-0.05, 0) is 91.5 Å². The molecule has 0 aliphatic heterocycles. The zero-order valence-electron chi connectivity index (χ0n) is 22.4. The fraction of sp³-hybridized carbons (Fsp3) is 0.323. The Morgan fingerprint density at radius 1 is 0.976 bits per heavy atom. The SMILES string of the molecule is CCOC(=O)C[C@H]1CC[C@H](c2ccc(-c3ccc4nc(C(=O)Nc5ccc(F)cc5C(F)(F)F)cn4c3)cc2)CC1. The van der Waals surface area contributed by atoms with Crippen LogP contribution in [-0.2, 0) is 15.7 Å². The van der Waals surface area contributed by atoms with E-state index >= 15 is 0 Å². The third-order valence-corrected chi connectivity index (χ3v) is 7.54. The molecule has 1 N–H and O–H groups in total. The number of benzene rings is 2. The molecule has 4 aromatic rings. The summed E-state index contributed by atoms with van der Waals surface area (Å²) in [6.45, 7) is 2.23. The van der Waals surface area contributed by atoms with Crippen LogP contribution in [0.15, 0.2) is 67.0 Å². The number of ether oxygens (including phenoxy) is 1. The average molecular weight is 568 g/mol. The Kier molecular flexibility index (Phi) is 8.10. The van der Waals surface area contributed by atoms with Crippen LogP contribution >= 0.6 is 0 Å². The van der Waals surface area contributed by atoms with Crippen molar-refractivity contribution in [3.8, 4) is 11.1 Å². The van der Waals surface area contributed by atoms with Gasteiger partial charge >= 0.3 is 12.1 Å². The standard InChI is InChI=1S/C31H29F4N3O3/c1-2-41-29(39)15-19-3-5-20(6-4-19)21-7-9-22(10-8-21)23-11-14-28-36-27(18-38(28)17-23)30(40)37-26-13-12-24(32)16-25(26)31(33,34)35/h7-14,16-20H,2-6,15H2,1H3,(H,37,40)/t19-,20-. The lowest BCUT2D eigenvalue weighted by Gasteiger charge is -2.28. The summed E-state index contributed by atoms with van der Waals surface area (Å²) in [4.78, 5) is 28.7. The van der Waals surface area contributed by atoms with E-state index in [1.165, 1.54) is 11.8 Å². The summed E-state index contributed by atoms with van der Waals surface area (Å²) in [5.41, 5.74) is 1.65. The first kappa shape index (κ1) is 28.3. The number of hydrogen-bond acceptors (Lipinski definition) is 4. The van der Waals surface area contributed by atoms with Gasteiger partial charge in [-0.2, -0.15) is 13.2 Å². The number of carbonyl (C=O) groups excluding carboxylic acids is 2. The van der Waals surface area contributed by atoms with E-state index < -0.39 is 29.2 Å². The number of aromatic nitrogens is 2. The van der Waals surface area contributed by atoms with Crippen LogP contribution in [0.5, 0.6) is 0 Å². The van der Waals surface area contributed by atoms with Gasteiger partial charge in [0.15, 0.2) is 0 Å². The Bertz CT molecular complexity index is 1560. The second-order valence-electron chi connectivity index (χ2n) is 10.3. The van der Waals surface area contributed by atoms with E-state index in [1.807, 2.05) is 25.1 Å². The molecule has 1 aliphatic rings. The molecule has 2 aromatic heterocycles. The molecule has 1 aliphatic carbocycles. The van der Waals surface area contributed by atoms with E-state index in [4.69, 9.17) is 4.74 Å². The minimum Gasteiger partial charge on any atom is -0.466 e. The molecule has 5 rings (SSSR count). The van der Waals surface area contributed by atoms with Crippen LogP contribution < -0.4 is 5.32 Å². The van der Waals surface area contributed by atoms with E-state index in [2.05, 4.69) is 22.4 Å². The second-order valence-corrected chi connectivity index (χ2v) is 10.3. The molecule has 6 nitrogen and oxygen atoms in total. The fourth-order valence-electron chi connectivity index (χ4n) is 5.42. The van der Waals surface area contributed by atoms with E-state index in [1.54, 1.807) is 16.7 Å². The Hall–Kier alpha value is -4.21. The summed E-state index contributed by atoms with van der Waals surface area (Å²) < 4.78 is 60.1. The highest BCUT2D eigenvalue weighted by Crippen LogP contribution is 2.38. The maximum Gasteiger partial charge on any atom is 0.418 e.